The Balaban J connectivity index is 2.20. The van der Waals surface area contributed by atoms with E-state index in [0.29, 0.717) is 10.7 Å². The normalized spacial score (nSPS) is 10.3. The number of aromatic nitrogens is 1. The van der Waals surface area contributed by atoms with Gasteiger partial charge in [0.1, 0.15) is 5.15 Å². The lowest BCUT2D eigenvalue weighted by Gasteiger charge is -2.07. The molecule has 0 radical (unpaired) electrons. The van der Waals surface area contributed by atoms with Crippen LogP contribution in [-0.4, -0.2) is 17.1 Å². The van der Waals surface area contributed by atoms with Crippen LogP contribution in [-0.2, 0) is 0 Å². The molecule has 0 bridgehead atoms. The van der Waals surface area contributed by atoms with Crippen LogP contribution in [0.2, 0.25) is 5.15 Å². The van der Waals surface area contributed by atoms with Crippen molar-refractivity contribution in [3.05, 3.63) is 52.8 Å². The highest BCUT2D eigenvalue weighted by atomic mass is 35.5. The van der Waals surface area contributed by atoms with Crippen molar-refractivity contribution >= 4 is 35.0 Å². The van der Waals surface area contributed by atoms with Crippen LogP contribution in [0.15, 0.2) is 41.3 Å². The van der Waals surface area contributed by atoms with Crippen LogP contribution in [0.5, 0.6) is 0 Å². The van der Waals surface area contributed by atoms with Gasteiger partial charge in [0.25, 0.3) is 5.91 Å². The van der Waals surface area contributed by atoms with Gasteiger partial charge < -0.3 is 5.32 Å². The first-order valence-corrected chi connectivity index (χ1v) is 7.28. The predicted molar refractivity (Wildman–Crippen MR) is 80.2 cm³/mol. The van der Waals surface area contributed by atoms with Crippen molar-refractivity contribution in [1.29, 1.82) is 0 Å². The highest BCUT2D eigenvalue weighted by Crippen LogP contribution is 2.20. The standard InChI is InChI=1S/C14H13ClN2OS/c1-9-6-10(7-13(15)16-9)14(18)17-11-4-3-5-12(8-11)19-2/h3-8H,1-2H3,(H,17,18). The van der Waals surface area contributed by atoms with Gasteiger partial charge in [0, 0.05) is 21.8 Å². The lowest BCUT2D eigenvalue weighted by molar-refractivity contribution is 0.102. The molecule has 2 aromatic rings. The fourth-order valence-electron chi connectivity index (χ4n) is 1.66. The first-order chi connectivity index (χ1) is 9.08. The van der Waals surface area contributed by atoms with Crippen molar-refractivity contribution in [1.82, 2.24) is 4.98 Å². The van der Waals surface area contributed by atoms with Crippen LogP contribution >= 0.6 is 23.4 Å². The van der Waals surface area contributed by atoms with Crippen LogP contribution in [0, 0.1) is 6.92 Å². The van der Waals surface area contributed by atoms with Gasteiger partial charge >= 0.3 is 0 Å². The molecule has 98 valence electrons. The van der Waals surface area contributed by atoms with Gasteiger partial charge in [0.15, 0.2) is 0 Å². The molecule has 0 fully saturated rings. The average Bonchev–Trinajstić information content (AvgIpc) is 2.37. The zero-order chi connectivity index (χ0) is 13.8. The largest absolute Gasteiger partial charge is 0.322 e. The van der Waals surface area contributed by atoms with Gasteiger partial charge in [-0.1, -0.05) is 17.7 Å². The number of aryl methyl sites for hydroxylation is 1. The molecular weight excluding hydrogens is 280 g/mol. The van der Waals surface area contributed by atoms with Gasteiger partial charge in [0.2, 0.25) is 0 Å². The molecule has 0 spiro atoms. The number of amides is 1. The van der Waals surface area contributed by atoms with E-state index in [-0.39, 0.29) is 5.91 Å². The summed E-state index contributed by atoms with van der Waals surface area (Å²) < 4.78 is 0. The highest BCUT2D eigenvalue weighted by molar-refractivity contribution is 7.98. The third-order valence-corrected chi connectivity index (χ3v) is 3.43. The second-order valence-corrected chi connectivity index (χ2v) is 5.27. The summed E-state index contributed by atoms with van der Waals surface area (Å²) in [7, 11) is 0. The number of carbonyl (C=O) groups is 1. The van der Waals surface area contributed by atoms with E-state index in [9.17, 15) is 4.79 Å². The summed E-state index contributed by atoms with van der Waals surface area (Å²) in [5.74, 6) is -0.189. The van der Waals surface area contributed by atoms with E-state index in [4.69, 9.17) is 11.6 Å². The Morgan fingerprint density at radius 2 is 2.11 bits per heavy atom. The molecule has 5 heteroatoms. The minimum Gasteiger partial charge on any atom is -0.322 e. The smallest absolute Gasteiger partial charge is 0.255 e. The summed E-state index contributed by atoms with van der Waals surface area (Å²) in [6, 6.07) is 11.0. The molecule has 2 rings (SSSR count). The number of thioether (sulfide) groups is 1. The predicted octanol–water partition coefficient (Wildman–Crippen LogP) is 4.02. The maximum absolute atomic E-state index is 12.1. The molecule has 1 aromatic carbocycles. The number of nitrogens with one attached hydrogen (secondary N) is 1. The fourth-order valence-corrected chi connectivity index (χ4v) is 2.37. The summed E-state index contributed by atoms with van der Waals surface area (Å²) in [5, 5.41) is 3.17. The van der Waals surface area contributed by atoms with E-state index in [0.717, 1.165) is 16.3 Å². The lowest BCUT2D eigenvalue weighted by Crippen LogP contribution is -2.12. The summed E-state index contributed by atoms with van der Waals surface area (Å²) in [5.41, 5.74) is 1.99. The SMILES string of the molecule is CSc1cccc(NC(=O)c2cc(C)nc(Cl)c2)c1. The number of nitrogens with zero attached hydrogens (tertiary/aromatic N) is 1. The Labute approximate surface area is 121 Å². The molecule has 0 unspecified atom stereocenters. The molecule has 0 saturated carbocycles. The van der Waals surface area contributed by atoms with E-state index in [2.05, 4.69) is 10.3 Å². The fraction of sp³-hybridized carbons (Fsp3) is 0.143. The zero-order valence-corrected chi connectivity index (χ0v) is 12.2. The second-order valence-electron chi connectivity index (χ2n) is 4.01. The van der Waals surface area contributed by atoms with Crippen LogP contribution in [0.1, 0.15) is 16.1 Å². The van der Waals surface area contributed by atoms with E-state index >= 15 is 0 Å². The van der Waals surface area contributed by atoms with Gasteiger partial charge in [-0.3, -0.25) is 4.79 Å². The number of benzene rings is 1. The topological polar surface area (TPSA) is 42.0 Å². The van der Waals surface area contributed by atoms with Crippen molar-refractivity contribution in [2.24, 2.45) is 0 Å². The summed E-state index contributed by atoms with van der Waals surface area (Å²) in [4.78, 5) is 17.2. The Morgan fingerprint density at radius 1 is 1.32 bits per heavy atom. The summed E-state index contributed by atoms with van der Waals surface area (Å²) in [6.07, 6.45) is 1.99. The average molecular weight is 293 g/mol. The first-order valence-electron chi connectivity index (χ1n) is 5.68. The molecule has 19 heavy (non-hydrogen) atoms. The second kappa shape index (κ2) is 6.08. The molecule has 0 aliphatic rings. The Bertz CT molecular complexity index is 596. The monoisotopic (exact) mass is 292 g/mol. The quantitative estimate of drug-likeness (QED) is 0.686. The lowest BCUT2D eigenvalue weighted by atomic mass is 10.2. The van der Waals surface area contributed by atoms with Gasteiger partial charge in [-0.15, -0.1) is 11.8 Å². The van der Waals surface area contributed by atoms with Gasteiger partial charge in [-0.05, 0) is 43.5 Å². The van der Waals surface area contributed by atoms with Crippen molar-refractivity contribution < 1.29 is 4.79 Å². The third-order valence-electron chi connectivity index (χ3n) is 2.51. The summed E-state index contributed by atoms with van der Waals surface area (Å²) in [6.45, 7) is 1.80. The molecule has 0 aliphatic carbocycles. The van der Waals surface area contributed by atoms with Crippen molar-refractivity contribution in [3.8, 4) is 0 Å². The highest BCUT2D eigenvalue weighted by Gasteiger charge is 2.08. The number of anilines is 1. The zero-order valence-electron chi connectivity index (χ0n) is 10.6. The van der Waals surface area contributed by atoms with E-state index in [1.54, 1.807) is 30.8 Å². The number of hydrogen-bond acceptors (Lipinski definition) is 3. The van der Waals surface area contributed by atoms with Gasteiger partial charge in [-0.2, -0.15) is 0 Å². The van der Waals surface area contributed by atoms with E-state index in [1.807, 2.05) is 30.5 Å². The van der Waals surface area contributed by atoms with E-state index < -0.39 is 0 Å². The molecule has 0 aliphatic heterocycles. The number of rotatable bonds is 3. The maximum Gasteiger partial charge on any atom is 0.255 e. The maximum atomic E-state index is 12.1. The van der Waals surface area contributed by atoms with E-state index in [1.165, 1.54) is 0 Å². The minimum absolute atomic E-state index is 0.189. The molecular formula is C14H13ClN2OS. The molecule has 0 atom stereocenters. The minimum atomic E-state index is -0.189. The number of pyridine rings is 1. The van der Waals surface area contributed by atoms with Crippen LogP contribution in [0.4, 0.5) is 5.69 Å². The Morgan fingerprint density at radius 3 is 2.79 bits per heavy atom. The molecule has 3 nitrogen and oxygen atoms in total. The molecule has 1 N–H and O–H groups in total. The van der Waals surface area contributed by atoms with Crippen LogP contribution in [0.3, 0.4) is 0 Å². The molecule has 1 heterocycles. The number of hydrogen-bond donors (Lipinski definition) is 1. The number of carbonyl (C=O) groups excluding carboxylic acids is 1. The summed E-state index contributed by atoms with van der Waals surface area (Å²) >= 11 is 7.48. The number of halogens is 1. The molecule has 0 saturated heterocycles. The Kier molecular flexibility index (Phi) is 4.45. The van der Waals surface area contributed by atoms with Crippen LogP contribution < -0.4 is 5.32 Å². The van der Waals surface area contributed by atoms with Crippen molar-refractivity contribution in [2.45, 2.75) is 11.8 Å². The molecule has 1 amide bonds. The van der Waals surface area contributed by atoms with Crippen LogP contribution in [0.25, 0.3) is 0 Å². The molecule has 1 aromatic heterocycles. The third kappa shape index (κ3) is 3.72. The van der Waals surface area contributed by atoms with Gasteiger partial charge in [-0.25, -0.2) is 4.98 Å². The van der Waals surface area contributed by atoms with Gasteiger partial charge in [0.05, 0.1) is 0 Å². The van der Waals surface area contributed by atoms with Crippen molar-refractivity contribution in [2.75, 3.05) is 11.6 Å². The van der Waals surface area contributed by atoms with Crippen molar-refractivity contribution in [3.63, 3.8) is 0 Å². The first kappa shape index (κ1) is 13.9. The Hall–Kier alpha value is -1.52.